The van der Waals surface area contributed by atoms with E-state index in [1.54, 1.807) is 0 Å². The van der Waals surface area contributed by atoms with Gasteiger partial charge in [-0.1, -0.05) is 0 Å². The van der Waals surface area contributed by atoms with Crippen LogP contribution in [0.1, 0.15) is 37.8 Å². The van der Waals surface area contributed by atoms with Gasteiger partial charge < -0.3 is 48.3 Å². The first-order valence-corrected chi connectivity index (χ1v) is 10.9. The predicted molar refractivity (Wildman–Crippen MR) is 123 cm³/mol. The highest BCUT2D eigenvalue weighted by atomic mass is 16.4. The number of nitrogens with two attached hydrogens (primary N) is 3. The van der Waals surface area contributed by atoms with Gasteiger partial charge in [-0.3, -0.25) is 28.8 Å². The van der Waals surface area contributed by atoms with Gasteiger partial charge in [0.05, 0.1) is 18.8 Å². The number of H-pyrrole nitrogens is 1. The lowest BCUT2D eigenvalue weighted by atomic mass is 10.1. The van der Waals surface area contributed by atoms with Crippen LogP contribution in [0.25, 0.3) is 0 Å². The third kappa shape index (κ3) is 11.6. The number of imidazole rings is 1. The van der Waals surface area contributed by atoms with Crippen LogP contribution < -0.4 is 33.2 Å². The number of carboxylic acid groups (broad SMARTS) is 2. The molecule has 1 aromatic rings. The van der Waals surface area contributed by atoms with Crippen LogP contribution >= 0.6 is 0 Å². The Balaban J connectivity index is 3.02. The third-order valence-corrected chi connectivity index (χ3v) is 4.94. The maximum absolute atomic E-state index is 12.9. The summed E-state index contributed by atoms with van der Waals surface area (Å²) in [6.45, 7) is 0. The summed E-state index contributed by atoms with van der Waals surface area (Å²) in [5, 5.41) is 24.8. The van der Waals surface area contributed by atoms with E-state index < -0.39 is 84.9 Å². The largest absolute Gasteiger partial charge is 0.481 e. The summed E-state index contributed by atoms with van der Waals surface area (Å²) in [5.74, 6) is -7.60. The zero-order chi connectivity index (χ0) is 28.1. The predicted octanol–water partition coefficient (Wildman–Crippen LogP) is -4.18. The number of primary amides is 2. The second kappa shape index (κ2) is 14.8. The van der Waals surface area contributed by atoms with Crippen molar-refractivity contribution in [2.24, 2.45) is 17.2 Å². The van der Waals surface area contributed by atoms with E-state index in [9.17, 15) is 38.7 Å². The Hall–Kier alpha value is -4.54. The van der Waals surface area contributed by atoms with E-state index in [2.05, 4.69) is 20.6 Å². The molecule has 12 N–H and O–H groups in total. The van der Waals surface area contributed by atoms with Crippen molar-refractivity contribution in [3.63, 3.8) is 0 Å². The first-order chi connectivity index (χ1) is 17.3. The molecular formula is C20H30N8O9. The van der Waals surface area contributed by atoms with Crippen molar-refractivity contribution in [3.05, 3.63) is 18.2 Å². The highest BCUT2D eigenvalue weighted by Crippen LogP contribution is 2.05. The standard InChI is InChI=1S/C20H30N8O9/c21-10(5-9-7-24-8-25-9)17(33)26-11(1-3-14(22)29)18(34)27-12(2-4-16(31)32)19(35)28-13(20(36)37)6-15(23)30/h7-8,10-13H,1-6,21H2,(H2,22,29)(H2,23,30)(H,24,25)(H,26,33)(H,27,34)(H,28,35)(H,31,32)(H,36,37). The fourth-order valence-corrected chi connectivity index (χ4v) is 3.04. The van der Waals surface area contributed by atoms with Crippen LogP contribution in [0.2, 0.25) is 0 Å². The zero-order valence-corrected chi connectivity index (χ0v) is 19.6. The van der Waals surface area contributed by atoms with Gasteiger partial charge in [0.2, 0.25) is 29.5 Å². The number of nitrogens with one attached hydrogen (secondary N) is 4. The van der Waals surface area contributed by atoms with Crippen LogP contribution in [-0.2, 0) is 40.0 Å². The maximum atomic E-state index is 12.9. The number of aromatic amines is 1. The maximum Gasteiger partial charge on any atom is 0.326 e. The average Bonchev–Trinajstić information content (AvgIpc) is 3.30. The summed E-state index contributed by atoms with van der Waals surface area (Å²) >= 11 is 0. The summed E-state index contributed by atoms with van der Waals surface area (Å²) in [6, 6.07) is -5.85. The fraction of sp³-hybridized carbons (Fsp3) is 0.500. The van der Waals surface area contributed by atoms with Crippen molar-refractivity contribution in [1.82, 2.24) is 25.9 Å². The quantitative estimate of drug-likeness (QED) is 0.0937. The molecule has 17 nitrogen and oxygen atoms in total. The molecule has 37 heavy (non-hydrogen) atoms. The van der Waals surface area contributed by atoms with Crippen LogP contribution in [0.4, 0.5) is 0 Å². The van der Waals surface area contributed by atoms with E-state index in [1.807, 2.05) is 5.32 Å². The normalized spacial score (nSPS) is 13.9. The smallest absolute Gasteiger partial charge is 0.326 e. The van der Waals surface area contributed by atoms with Gasteiger partial charge in [-0.15, -0.1) is 0 Å². The molecule has 1 heterocycles. The van der Waals surface area contributed by atoms with E-state index in [4.69, 9.17) is 22.3 Å². The molecule has 17 heteroatoms. The van der Waals surface area contributed by atoms with Crippen molar-refractivity contribution in [3.8, 4) is 0 Å². The highest BCUT2D eigenvalue weighted by Gasteiger charge is 2.31. The second-order valence-corrected chi connectivity index (χ2v) is 8.02. The molecule has 1 rings (SSSR count). The van der Waals surface area contributed by atoms with Gasteiger partial charge in [0.1, 0.15) is 18.1 Å². The van der Waals surface area contributed by atoms with Gasteiger partial charge in [0.15, 0.2) is 0 Å². The zero-order valence-electron chi connectivity index (χ0n) is 19.6. The molecule has 5 amide bonds. The first kappa shape index (κ1) is 30.5. The molecule has 0 aliphatic heterocycles. The minimum atomic E-state index is -1.74. The molecule has 0 aromatic carbocycles. The SMILES string of the molecule is NC(=O)CCC(NC(=O)C(N)Cc1cnc[nH]1)C(=O)NC(CCC(=O)O)C(=O)NC(CC(N)=O)C(=O)O. The Labute approximate surface area is 209 Å². The number of hydrogen-bond donors (Lipinski definition) is 9. The molecular weight excluding hydrogens is 496 g/mol. The van der Waals surface area contributed by atoms with E-state index in [0.717, 1.165) is 0 Å². The first-order valence-electron chi connectivity index (χ1n) is 10.9. The minimum absolute atomic E-state index is 0.0378. The fourth-order valence-electron chi connectivity index (χ4n) is 3.04. The van der Waals surface area contributed by atoms with E-state index in [-0.39, 0.29) is 19.3 Å². The summed E-state index contributed by atoms with van der Waals surface area (Å²) in [6.07, 6.45) is 0.422. The lowest BCUT2D eigenvalue weighted by Crippen LogP contribution is -2.57. The van der Waals surface area contributed by atoms with Crippen molar-refractivity contribution in [2.75, 3.05) is 0 Å². The second-order valence-electron chi connectivity index (χ2n) is 8.02. The van der Waals surface area contributed by atoms with Crippen molar-refractivity contribution < 1.29 is 43.8 Å². The summed E-state index contributed by atoms with van der Waals surface area (Å²) < 4.78 is 0. The number of nitrogens with zero attached hydrogens (tertiary/aromatic N) is 1. The number of carbonyl (C=O) groups is 7. The van der Waals surface area contributed by atoms with Gasteiger partial charge >= 0.3 is 11.9 Å². The van der Waals surface area contributed by atoms with Crippen LogP contribution in [0.15, 0.2) is 12.5 Å². The van der Waals surface area contributed by atoms with Crippen molar-refractivity contribution >= 4 is 41.5 Å². The Morgan fingerprint density at radius 1 is 0.838 bits per heavy atom. The molecule has 0 aliphatic carbocycles. The van der Waals surface area contributed by atoms with E-state index in [1.165, 1.54) is 12.5 Å². The topological polar surface area (TPSA) is 303 Å². The molecule has 0 radical (unpaired) electrons. The molecule has 0 saturated heterocycles. The molecule has 0 bridgehead atoms. The number of carbonyl (C=O) groups excluding carboxylic acids is 5. The summed E-state index contributed by atoms with van der Waals surface area (Å²) in [7, 11) is 0. The van der Waals surface area contributed by atoms with Gasteiger partial charge in [-0.2, -0.15) is 0 Å². The summed E-state index contributed by atoms with van der Waals surface area (Å²) in [4.78, 5) is 89.4. The van der Waals surface area contributed by atoms with Crippen molar-refractivity contribution in [1.29, 1.82) is 0 Å². The highest BCUT2D eigenvalue weighted by molar-refractivity contribution is 5.95. The number of carboxylic acids is 2. The molecule has 0 fully saturated rings. The average molecular weight is 527 g/mol. The van der Waals surface area contributed by atoms with Crippen molar-refractivity contribution in [2.45, 2.75) is 62.7 Å². The van der Waals surface area contributed by atoms with Crippen LogP contribution in [0.3, 0.4) is 0 Å². The molecule has 0 spiro atoms. The number of amides is 5. The Morgan fingerprint density at radius 3 is 1.84 bits per heavy atom. The van der Waals surface area contributed by atoms with Gasteiger partial charge in [0, 0.05) is 31.2 Å². The van der Waals surface area contributed by atoms with Gasteiger partial charge in [-0.05, 0) is 12.8 Å². The Kier molecular flexibility index (Phi) is 12.2. The van der Waals surface area contributed by atoms with Crippen LogP contribution in [0.5, 0.6) is 0 Å². The minimum Gasteiger partial charge on any atom is -0.481 e. The molecule has 1 aromatic heterocycles. The lowest BCUT2D eigenvalue weighted by molar-refractivity contribution is -0.144. The number of aromatic nitrogens is 2. The third-order valence-electron chi connectivity index (χ3n) is 4.94. The number of aliphatic carboxylic acids is 2. The Morgan fingerprint density at radius 2 is 1.38 bits per heavy atom. The molecule has 0 aliphatic rings. The van der Waals surface area contributed by atoms with Gasteiger partial charge in [0.25, 0.3) is 0 Å². The number of hydrogen-bond acceptors (Lipinski definition) is 9. The summed E-state index contributed by atoms with van der Waals surface area (Å²) in [5.41, 5.74) is 16.5. The van der Waals surface area contributed by atoms with Crippen LogP contribution in [0, 0.1) is 0 Å². The van der Waals surface area contributed by atoms with E-state index in [0.29, 0.717) is 5.69 Å². The van der Waals surface area contributed by atoms with Crippen LogP contribution in [-0.4, -0.2) is 85.8 Å². The molecule has 0 saturated carbocycles. The Bertz CT molecular complexity index is 998. The molecule has 204 valence electrons. The molecule has 4 atom stereocenters. The number of rotatable bonds is 17. The monoisotopic (exact) mass is 526 g/mol. The lowest BCUT2D eigenvalue weighted by Gasteiger charge is -2.24. The van der Waals surface area contributed by atoms with E-state index >= 15 is 0 Å². The van der Waals surface area contributed by atoms with Gasteiger partial charge in [-0.25, -0.2) is 9.78 Å². The molecule has 4 unspecified atom stereocenters.